The summed E-state index contributed by atoms with van der Waals surface area (Å²) in [6, 6.07) is 30.8. The molecule has 0 spiro atoms. The van der Waals surface area contributed by atoms with Gasteiger partial charge in [0.2, 0.25) is 0 Å². The first-order valence-electron chi connectivity index (χ1n) is 12.7. The van der Waals surface area contributed by atoms with Gasteiger partial charge in [-0.15, -0.1) is 11.8 Å². The van der Waals surface area contributed by atoms with Crippen molar-refractivity contribution in [3.63, 3.8) is 0 Å². The first kappa shape index (κ1) is 26.9. The molecule has 5 heteroatoms. The molecule has 0 aliphatic carbocycles. The van der Waals surface area contributed by atoms with E-state index >= 15 is 0 Å². The molecular formula is C31H38O4S. The van der Waals surface area contributed by atoms with E-state index in [1.54, 1.807) is 0 Å². The van der Waals surface area contributed by atoms with E-state index in [0.29, 0.717) is 26.4 Å². The lowest BCUT2D eigenvalue weighted by Crippen LogP contribution is -2.52. The number of ether oxygens (including phenoxy) is 4. The zero-order chi connectivity index (χ0) is 25.2. The van der Waals surface area contributed by atoms with Crippen molar-refractivity contribution in [2.75, 3.05) is 6.61 Å². The average Bonchev–Trinajstić information content (AvgIpc) is 2.88. The second-order valence-electron chi connectivity index (χ2n) is 10.2. The molecule has 1 fully saturated rings. The third-order valence-corrected chi connectivity index (χ3v) is 7.23. The maximum Gasteiger partial charge on any atom is 0.113 e. The molecule has 192 valence electrons. The van der Waals surface area contributed by atoms with E-state index in [0.717, 1.165) is 23.1 Å². The Labute approximate surface area is 220 Å². The topological polar surface area (TPSA) is 36.9 Å². The van der Waals surface area contributed by atoms with Crippen LogP contribution >= 0.6 is 11.8 Å². The van der Waals surface area contributed by atoms with E-state index in [1.165, 1.54) is 0 Å². The van der Waals surface area contributed by atoms with Crippen molar-refractivity contribution in [2.24, 2.45) is 0 Å². The van der Waals surface area contributed by atoms with Gasteiger partial charge in [0, 0.05) is 11.2 Å². The minimum atomic E-state index is -0.235. The molecule has 1 saturated heterocycles. The van der Waals surface area contributed by atoms with Gasteiger partial charge in [-0.3, -0.25) is 0 Å². The van der Waals surface area contributed by atoms with Crippen molar-refractivity contribution in [2.45, 2.75) is 75.5 Å². The molecule has 0 bridgehead atoms. The molecule has 3 aromatic rings. The van der Waals surface area contributed by atoms with Gasteiger partial charge in [-0.1, -0.05) is 112 Å². The third-order valence-electron chi connectivity index (χ3n) is 5.96. The van der Waals surface area contributed by atoms with Gasteiger partial charge >= 0.3 is 0 Å². The zero-order valence-electron chi connectivity index (χ0n) is 21.5. The van der Waals surface area contributed by atoms with Gasteiger partial charge in [0.05, 0.1) is 32.5 Å². The van der Waals surface area contributed by atoms with Crippen molar-refractivity contribution >= 4 is 11.8 Å². The number of thioether (sulfide) groups is 1. The molecule has 1 aliphatic rings. The van der Waals surface area contributed by atoms with Crippen LogP contribution in [0.4, 0.5) is 0 Å². The summed E-state index contributed by atoms with van der Waals surface area (Å²) in [5.41, 5.74) is 3.44. The van der Waals surface area contributed by atoms with E-state index in [1.807, 2.05) is 66.4 Å². The zero-order valence-corrected chi connectivity index (χ0v) is 22.4. The Morgan fingerprint density at radius 3 is 1.75 bits per heavy atom. The van der Waals surface area contributed by atoms with Crippen molar-refractivity contribution in [3.05, 3.63) is 108 Å². The van der Waals surface area contributed by atoms with Crippen LogP contribution in [0.1, 0.15) is 43.9 Å². The number of hydrogen-bond acceptors (Lipinski definition) is 5. The second kappa shape index (κ2) is 13.4. The molecular weight excluding hydrogens is 468 g/mol. The fraction of sp³-hybridized carbons (Fsp3) is 0.419. The van der Waals surface area contributed by atoms with Gasteiger partial charge in [0.25, 0.3) is 0 Å². The highest BCUT2D eigenvalue weighted by molar-refractivity contribution is 8.01. The van der Waals surface area contributed by atoms with Crippen molar-refractivity contribution < 1.29 is 18.9 Å². The molecule has 4 rings (SSSR count). The smallest absolute Gasteiger partial charge is 0.113 e. The Hall–Kier alpha value is -2.15. The maximum absolute atomic E-state index is 6.62. The summed E-state index contributed by atoms with van der Waals surface area (Å²) in [6.45, 7) is 8.70. The summed E-state index contributed by atoms with van der Waals surface area (Å²) in [6.07, 6.45) is 0.199. The van der Waals surface area contributed by atoms with Crippen LogP contribution in [-0.4, -0.2) is 35.1 Å². The molecule has 4 atom stereocenters. The van der Waals surface area contributed by atoms with Gasteiger partial charge < -0.3 is 18.9 Å². The van der Waals surface area contributed by atoms with Gasteiger partial charge in [0.15, 0.2) is 0 Å². The van der Waals surface area contributed by atoms with Crippen molar-refractivity contribution in [1.82, 2.24) is 0 Å². The molecule has 4 nitrogen and oxygen atoms in total. The Morgan fingerprint density at radius 1 is 0.722 bits per heavy atom. The third kappa shape index (κ3) is 8.75. The molecule has 0 amide bonds. The number of rotatable bonds is 11. The largest absolute Gasteiger partial charge is 0.374 e. The first-order chi connectivity index (χ1) is 17.5. The molecule has 1 heterocycles. The summed E-state index contributed by atoms with van der Waals surface area (Å²) < 4.78 is 25.9. The number of hydrogen-bond donors (Lipinski definition) is 0. The lowest BCUT2D eigenvalue weighted by molar-refractivity contribution is -0.204. The van der Waals surface area contributed by atoms with Gasteiger partial charge in [-0.05, 0) is 16.7 Å². The summed E-state index contributed by atoms with van der Waals surface area (Å²) >= 11 is 1.84. The van der Waals surface area contributed by atoms with Crippen LogP contribution in [0.5, 0.6) is 0 Å². The van der Waals surface area contributed by atoms with E-state index in [2.05, 4.69) is 57.2 Å². The van der Waals surface area contributed by atoms with E-state index in [9.17, 15) is 0 Å². The lowest BCUT2D eigenvalue weighted by Gasteiger charge is -2.42. The van der Waals surface area contributed by atoms with Crippen LogP contribution in [0.2, 0.25) is 0 Å². The SMILES string of the molecule is CC(C)(C)S[C@H]1C[C@@H](OCc2ccccc2)[C@H](OCc2ccccc2)C(COCc2ccccc2)O1. The molecule has 0 N–H and O–H groups in total. The maximum atomic E-state index is 6.62. The molecule has 36 heavy (non-hydrogen) atoms. The fourth-order valence-electron chi connectivity index (χ4n) is 4.28. The Morgan fingerprint density at radius 2 is 1.22 bits per heavy atom. The molecule has 0 radical (unpaired) electrons. The van der Waals surface area contributed by atoms with Crippen LogP contribution < -0.4 is 0 Å². The number of benzene rings is 3. The minimum absolute atomic E-state index is 0.00711. The first-order valence-corrected chi connectivity index (χ1v) is 13.6. The second-order valence-corrected chi connectivity index (χ2v) is 12.2. The highest BCUT2D eigenvalue weighted by Gasteiger charge is 2.42. The quantitative estimate of drug-likeness (QED) is 0.279. The average molecular weight is 507 g/mol. The monoisotopic (exact) mass is 506 g/mol. The summed E-state index contributed by atoms with van der Waals surface area (Å²) in [5.74, 6) is 0. The summed E-state index contributed by atoms with van der Waals surface area (Å²) in [7, 11) is 0. The van der Waals surface area contributed by atoms with Crippen molar-refractivity contribution in [1.29, 1.82) is 0 Å². The van der Waals surface area contributed by atoms with E-state index in [-0.39, 0.29) is 28.5 Å². The Kier molecular flexibility index (Phi) is 10.0. The van der Waals surface area contributed by atoms with E-state index < -0.39 is 0 Å². The van der Waals surface area contributed by atoms with Gasteiger partial charge in [-0.25, -0.2) is 0 Å². The Bertz CT molecular complexity index is 1010. The van der Waals surface area contributed by atoms with Gasteiger partial charge in [-0.2, -0.15) is 0 Å². The summed E-state index contributed by atoms with van der Waals surface area (Å²) in [4.78, 5) is 0. The van der Waals surface area contributed by atoms with Crippen LogP contribution in [-0.2, 0) is 38.8 Å². The normalized spacial score (nSPS) is 22.4. The standard InChI is InChI=1S/C31H38O4S/c1-31(2,3)36-29-19-27(33-21-25-15-9-5-10-16-25)30(34-22-26-17-11-6-12-18-26)28(35-29)23-32-20-24-13-7-4-8-14-24/h4-18,27-30H,19-23H2,1-3H3/t27-,28?,29+,30+/m1/s1. The molecule has 1 aliphatic heterocycles. The van der Waals surface area contributed by atoms with Crippen LogP contribution in [0.25, 0.3) is 0 Å². The minimum Gasteiger partial charge on any atom is -0.374 e. The molecule has 1 unspecified atom stereocenters. The molecule has 0 saturated carbocycles. The van der Waals surface area contributed by atoms with Crippen molar-refractivity contribution in [3.8, 4) is 0 Å². The van der Waals surface area contributed by atoms with Gasteiger partial charge in [0.1, 0.15) is 17.6 Å². The van der Waals surface area contributed by atoms with E-state index in [4.69, 9.17) is 18.9 Å². The predicted octanol–water partition coefficient (Wildman–Crippen LogP) is 7.02. The molecule has 3 aromatic carbocycles. The van der Waals surface area contributed by atoms with Crippen LogP contribution in [0.3, 0.4) is 0 Å². The highest BCUT2D eigenvalue weighted by Crippen LogP contribution is 2.38. The highest BCUT2D eigenvalue weighted by atomic mass is 32.2. The predicted molar refractivity (Wildman–Crippen MR) is 147 cm³/mol. The van der Waals surface area contributed by atoms with Crippen LogP contribution in [0, 0.1) is 0 Å². The fourth-order valence-corrected chi connectivity index (χ4v) is 5.56. The van der Waals surface area contributed by atoms with Crippen LogP contribution in [0.15, 0.2) is 91.0 Å². The molecule has 0 aromatic heterocycles. The summed E-state index contributed by atoms with van der Waals surface area (Å²) in [5, 5.41) is 0. The Balaban J connectivity index is 1.49. The lowest BCUT2D eigenvalue weighted by atomic mass is 10.0.